The second kappa shape index (κ2) is 3.71. The Morgan fingerprint density at radius 1 is 1.57 bits per heavy atom. The fourth-order valence-corrected chi connectivity index (χ4v) is 2.12. The number of aromatic nitrogens is 1. The number of nitrogens with two attached hydrogens (primary N) is 1. The molecule has 3 nitrogen and oxygen atoms in total. The van der Waals surface area contributed by atoms with Crippen LogP contribution in [0, 0.1) is 0 Å². The zero-order valence-electron chi connectivity index (χ0n) is 7.83. The number of fused-ring (bicyclic) bond motifs is 1. The van der Waals surface area contributed by atoms with Crippen LogP contribution in [0.4, 0.5) is 0 Å². The number of nitrogens with zero attached hydrogens (tertiary/aromatic N) is 1. The van der Waals surface area contributed by atoms with Crippen LogP contribution < -0.4 is 5.73 Å². The van der Waals surface area contributed by atoms with Crippen molar-refractivity contribution in [2.75, 3.05) is 6.54 Å². The molecule has 1 heterocycles. The van der Waals surface area contributed by atoms with Crippen LogP contribution in [0.15, 0.2) is 27.4 Å². The normalized spacial score (nSPS) is 13.4. The summed E-state index contributed by atoms with van der Waals surface area (Å²) in [7, 11) is 0. The van der Waals surface area contributed by atoms with Gasteiger partial charge in [-0.2, -0.15) is 0 Å². The summed E-state index contributed by atoms with van der Waals surface area (Å²) in [5.41, 5.74) is 8.46. The zero-order chi connectivity index (χ0) is 10.1. The van der Waals surface area contributed by atoms with Gasteiger partial charge in [0.05, 0.1) is 0 Å². The minimum absolute atomic E-state index is 0.318. The number of hydrogen-bond acceptors (Lipinski definition) is 3. The van der Waals surface area contributed by atoms with Gasteiger partial charge in [-0.15, -0.1) is 0 Å². The third kappa shape index (κ3) is 1.55. The molecule has 0 aliphatic heterocycles. The van der Waals surface area contributed by atoms with E-state index in [4.69, 9.17) is 10.2 Å². The molecule has 74 valence electrons. The lowest BCUT2D eigenvalue weighted by atomic mass is 10.0. The minimum atomic E-state index is 0.318. The fourth-order valence-electron chi connectivity index (χ4n) is 1.40. The van der Waals surface area contributed by atoms with Gasteiger partial charge in [0, 0.05) is 4.47 Å². The van der Waals surface area contributed by atoms with Crippen molar-refractivity contribution in [2.24, 2.45) is 5.73 Å². The number of benzene rings is 1. The van der Waals surface area contributed by atoms with Crippen LogP contribution in [0.5, 0.6) is 0 Å². The molecule has 4 heteroatoms. The van der Waals surface area contributed by atoms with Gasteiger partial charge in [0.15, 0.2) is 12.0 Å². The summed E-state index contributed by atoms with van der Waals surface area (Å²) in [6, 6.07) is 3.95. The lowest BCUT2D eigenvalue weighted by Crippen LogP contribution is -2.09. The summed E-state index contributed by atoms with van der Waals surface area (Å²) in [5, 5.41) is 0. The Morgan fingerprint density at radius 2 is 2.36 bits per heavy atom. The van der Waals surface area contributed by atoms with Crippen LogP contribution in [0.1, 0.15) is 18.4 Å². The molecule has 14 heavy (non-hydrogen) atoms. The first-order valence-corrected chi connectivity index (χ1v) is 5.24. The largest absolute Gasteiger partial charge is 0.443 e. The molecule has 0 radical (unpaired) electrons. The SMILES string of the molecule is CC(CN)c1cc2ocnc2cc1Br. The highest BCUT2D eigenvalue weighted by Gasteiger charge is 2.10. The van der Waals surface area contributed by atoms with Gasteiger partial charge in [0.25, 0.3) is 0 Å². The molecule has 0 fully saturated rings. The summed E-state index contributed by atoms with van der Waals surface area (Å²) in [6.07, 6.45) is 1.45. The first-order chi connectivity index (χ1) is 6.72. The highest BCUT2D eigenvalue weighted by atomic mass is 79.9. The quantitative estimate of drug-likeness (QED) is 0.897. The van der Waals surface area contributed by atoms with Crippen molar-refractivity contribution < 1.29 is 4.42 Å². The van der Waals surface area contributed by atoms with E-state index in [2.05, 4.69) is 27.8 Å². The topological polar surface area (TPSA) is 52.0 Å². The summed E-state index contributed by atoms with van der Waals surface area (Å²) in [5.74, 6) is 0.318. The average molecular weight is 255 g/mol. The number of oxazole rings is 1. The van der Waals surface area contributed by atoms with E-state index in [1.807, 2.05) is 12.1 Å². The predicted octanol–water partition coefficient (Wildman–Crippen LogP) is 2.65. The molecule has 0 aliphatic carbocycles. The standard InChI is InChI=1S/C10H11BrN2O/c1-6(4-12)7-2-10-9(3-8(7)11)13-5-14-10/h2-3,5-6H,4,12H2,1H3. The Labute approximate surface area is 90.4 Å². The Balaban J connectivity index is 2.58. The molecule has 0 spiro atoms. The monoisotopic (exact) mass is 254 g/mol. The smallest absolute Gasteiger partial charge is 0.181 e. The van der Waals surface area contributed by atoms with Crippen molar-refractivity contribution in [3.8, 4) is 0 Å². The molecule has 0 saturated heterocycles. The van der Waals surface area contributed by atoms with Crippen molar-refractivity contribution in [1.82, 2.24) is 4.98 Å². The molecule has 0 aliphatic rings. The van der Waals surface area contributed by atoms with Gasteiger partial charge < -0.3 is 10.2 Å². The van der Waals surface area contributed by atoms with Gasteiger partial charge in [0.2, 0.25) is 0 Å². The molecule has 0 amide bonds. The molecule has 1 aromatic heterocycles. The fraction of sp³-hybridized carbons (Fsp3) is 0.300. The first kappa shape index (κ1) is 9.68. The van der Waals surface area contributed by atoms with Crippen LogP contribution in [-0.4, -0.2) is 11.5 Å². The van der Waals surface area contributed by atoms with E-state index < -0.39 is 0 Å². The summed E-state index contributed by atoms with van der Waals surface area (Å²) >= 11 is 3.51. The maximum Gasteiger partial charge on any atom is 0.181 e. The Morgan fingerprint density at radius 3 is 3.07 bits per heavy atom. The lowest BCUT2D eigenvalue weighted by molar-refractivity contribution is 0.601. The van der Waals surface area contributed by atoms with Gasteiger partial charge in [-0.25, -0.2) is 4.98 Å². The highest BCUT2D eigenvalue weighted by molar-refractivity contribution is 9.10. The maximum atomic E-state index is 5.63. The molecular formula is C10H11BrN2O. The van der Waals surface area contributed by atoms with Crippen LogP contribution in [-0.2, 0) is 0 Å². The molecule has 2 N–H and O–H groups in total. The van der Waals surface area contributed by atoms with Crippen LogP contribution in [0.3, 0.4) is 0 Å². The van der Waals surface area contributed by atoms with Crippen molar-refractivity contribution in [3.05, 3.63) is 28.6 Å². The van der Waals surface area contributed by atoms with E-state index in [-0.39, 0.29) is 0 Å². The zero-order valence-corrected chi connectivity index (χ0v) is 9.41. The summed E-state index contributed by atoms with van der Waals surface area (Å²) < 4.78 is 6.27. The van der Waals surface area contributed by atoms with Crippen LogP contribution in [0.2, 0.25) is 0 Å². The Kier molecular flexibility index (Phi) is 2.56. The molecule has 1 aromatic carbocycles. The van der Waals surface area contributed by atoms with Gasteiger partial charge in [0.1, 0.15) is 5.52 Å². The van der Waals surface area contributed by atoms with Crippen molar-refractivity contribution in [1.29, 1.82) is 0 Å². The lowest BCUT2D eigenvalue weighted by Gasteiger charge is -2.10. The molecule has 0 saturated carbocycles. The van der Waals surface area contributed by atoms with Gasteiger partial charge in [-0.1, -0.05) is 22.9 Å². The van der Waals surface area contributed by atoms with E-state index in [1.165, 1.54) is 6.39 Å². The van der Waals surface area contributed by atoms with Gasteiger partial charge >= 0.3 is 0 Å². The first-order valence-electron chi connectivity index (χ1n) is 4.45. The summed E-state index contributed by atoms with van der Waals surface area (Å²) in [6.45, 7) is 2.71. The molecule has 2 rings (SSSR count). The van der Waals surface area contributed by atoms with Gasteiger partial charge in [-0.05, 0) is 30.2 Å². The second-order valence-corrected chi connectivity index (χ2v) is 4.18. The van der Waals surface area contributed by atoms with E-state index in [0.29, 0.717) is 12.5 Å². The van der Waals surface area contributed by atoms with E-state index in [0.717, 1.165) is 21.1 Å². The molecule has 1 unspecified atom stereocenters. The van der Waals surface area contributed by atoms with E-state index in [1.54, 1.807) is 0 Å². The van der Waals surface area contributed by atoms with Crippen molar-refractivity contribution in [2.45, 2.75) is 12.8 Å². The third-order valence-electron chi connectivity index (χ3n) is 2.33. The minimum Gasteiger partial charge on any atom is -0.443 e. The Bertz CT molecular complexity index is 452. The van der Waals surface area contributed by atoms with E-state index >= 15 is 0 Å². The molecule has 2 aromatic rings. The molecular weight excluding hydrogens is 244 g/mol. The third-order valence-corrected chi connectivity index (χ3v) is 3.02. The Hall–Kier alpha value is -0.870. The number of halogens is 1. The van der Waals surface area contributed by atoms with Crippen molar-refractivity contribution >= 4 is 27.0 Å². The van der Waals surface area contributed by atoms with E-state index in [9.17, 15) is 0 Å². The number of rotatable bonds is 2. The van der Waals surface area contributed by atoms with Crippen LogP contribution in [0.25, 0.3) is 11.1 Å². The second-order valence-electron chi connectivity index (χ2n) is 3.33. The van der Waals surface area contributed by atoms with Gasteiger partial charge in [-0.3, -0.25) is 0 Å². The molecule has 0 bridgehead atoms. The number of hydrogen-bond donors (Lipinski definition) is 1. The van der Waals surface area contributed by atoms with Crippen molar-refractivity contribution in [3.63, 3.8) is 0 Å². The summed E-state index contributed by atoms with van der Waals surface area (Å²) in [4.78, 5) is 4.08. The van der Waals surface area contributed by atoms with Crippen LogP contribution >= 0.6 is 15.9 Å². The predicted molar refractivity (Wildman–Crippen MR) is 59.2 cm³/mol. The average Bonchev–Trinajstić information content (AvgIpc) is 2.62. The maximum absolute atomic E-state index is 5.63. The molecule has 1 atom stereocenters. The highest BCUT2D eigenvalue weighted by Crippen LogP contribution is 2.28.